The van der Waals surface area contributed by atoms with Crippen LogP contribution in [0.4, 0.5) is 0 Å². The molecule has 0 unspecified atom stereocenters. The second-order valence-electron chi connectivity index (χ2n) is 4.98. The molecule has 0 fully saturated rings. The Kier molecular flexibility index (Phi) is 5.12. The first kappa shape index (κ1) is 16.0. The summed E-state index contributed by atoms with van der Waals surface area (Å²) in [6.45, 7) is 3.65. The van der Waals surface area contributed by atoms with E-state index >= 15 is 0 Å². The van der Waals surface area contributed by atoms with Crippen LogP contribution < -0.4 is 0 Å². The maximum Gasteiger partial charge on any atom is 0.307 e. The molecule has 0 aliphatic heterocycles. The first-order valence-corrected chi connectivity index (χ1v) is 7.12. The highest BCUT2D eigenvalue weighted by atomic mass is 35.5. The highest BCUT2D eigenvalue weighted by Crippen LogP contribution is 2.28. The minimum Gasteiger partial charge on any atom is -0.481 e. The Labute approximate surface area is 133 Å². The molecule has 0 radical (unpaired) electrons. The van der Waals surface area contributed by atoms with Crippen molar-refractivity contribution in [3.63, 3.8) is 0 Å². The van der Waals surface area contributed by atoms with Gasteiger partial charge < -0.3 is 5.11 Å². The third-order valence-electron chi connectivity index (χ3n) is 3.18. The van der Waals surface area contributed by atoms with Crippen molar-refractivity contribution in [3.05, 3.63) is 71.3 Å². The van der Waals surface area contributed by atoms with Gasteiger partial charge in [0.15, 0.2) is 5.78 Å². The number of carboxylic acid groups (broad SMARTS) is 1. The molecule has 2 aromatic rings. The summed E-state index contributed by atoms with van der Waals surface area (Å²) in [6.07, 6.45) is -0.223. The minimum atomic E-state index is -0.993. The van der Waals surface area contributed by atoms with Crippen molar-refractivity contribution in [3.8, 4) is 11.1 Å². The van der Waals surface area contributed by atoms with Gasteiger partial charge in [0.2, 0.25) is 0 Å². The molecule has 0 spiro atoms. The largest absolute Gasteiger partial charge is 0.481 e. The predicted octanol–water partition coefficient (Wildman–Crippen LogP) is 4.61. The average molecular weight is 315 g/mol. The summed E-state index contributed by atoms with van der Waals surface area (Å²) >= 11 is 6.00. The van der Waals surface area contributed by atoms with Gasteiger partial charge in [0.1, 0.15) is 0 Å². The van der Waals surface area contributed by atoms with Crippen LogP contribution in [0.15, 0.2) is 60.7 Å². The summed E-state index contributed by atoms with van der Waals surface area (Å²) in [6, 6.07) is 14.6. The van der Waals surface area contributed by atoms with Crippen LogP contribution >= 0.6 is 11.6 Å². The number of hydrogen-bond acceptors (Lipinski definition) is 2. The zero-order valence-corrected chi connectivity index (χ0v) is 12.6. The number of halogens is 1. The highest BCUT2D eigenvalue weighted by Gasteiger charge is 2.15. The Morgan fingerprint density at radius 1 is 1.05 bits per heavy atom. The molecule has 0 atom stereocenters. The molecule has 0 saturated carbocycles. The first-order valence-electron chi connectivity index (χ1n) is 6.74. The van der Waals surface area contributed by atoms with Crippen LogP contribution in [0, 0.1) is 0 Å². The fourth-order valence-corrected chi connectivity index (χ4v) is 2.39. The van der Waals surface area contributed by atoms with Gasteiger partial charge in [-0.3, -0.25) is 9.59 Å². The van der Waals surface area contributed by atoms with Gasteiger partial charge in [0.25, 0.3) is 0 Å². The zero-order valence-electron chi connectivity index (χ0n) is 11.9. The van der Waals surface area contributed by atoms with Crippen LogP contribution in [-0.4, -0.2) is 16.9 Å². The molecule has 0 amide bonds. The molecule has 0 aliphatic carbocycles. The van der Waals surface area contributed by atoms with Crippen molar-refractivity contribution in [1.82, 2.24) is 0 Å². The molecule has 1 N–H and O–H groups in total. The van der Waals surface area contributed by atoms with Crippen molar-refractivity contribution in [2.24, 2.45) is 0 Å². The van der Waals surface area contributed by atoms with Gasteiger partial charge in [-0.1, -0.05) is 60.2 Å². The monoisotopic (exact) mass is 314 g/mol. The highest BCUT2D eigenvalue weighted by molar-refractivity contribution is 6.31. The summed E-state index contributed by atoms with van der Waals surface area (Å²) in [7, 11) is 0. The molecule has 0 heterocycles. The van der Waals surface area contributed by atoms with Crippen LogP contribution in [-0.2, 0) is 4.79 Å². The van der Waals surface area contributed by atoms with E-state index in [9.17, 15) is 9.59 Å². The number of carbonyl (C=O) groups is 2. The average Bonchev–Trinajstić information content (AvgIpc) is 2.47. The molecule has 2 aromatic carbocycles. The zero-order chi connectivity index (χ0) is 16.1. The summed E-state index contributed by atoms with van der Waals surface area (Å²) in [5, 5.41) is 9.22. The van der Waals surface area contributed by atoms with Crippen molar-refractivity contribution in [1.29, 1.82) is 0 Å². The Bertz CT molecular complexity index is 720. The van der Waals surface area contributed by atoms with E-state index in [4.69, 9.17) is 16.7 Å². The van der Waals surface area contributed by atoms with Crippen LogP contribution in [0.2, 0.25) is 5.02 Å². The smallest absolute Gasteiger partial charge is 0.307 e. The normalized spacial score (nSPS) is 10.2. The Morgan fingerprint density at radius 3 is 2.36 bits per heavy atom. The van der Waals surface area contributed by atoms with Gasteiger partial charge in [-0.2, -0.15) is 0 Å². The van der Waals surface area contributed by atoms with Gasteiger partial charge in [-0.25, -0.2) is 0 Å². The number of aliphatic carboxylic acids is 1. The lowest BCUT2D eigenvalue weighted by atomic mass is 9.94. The van der Waals surface area contributed by atoms with Gasteiger partial charge in [0.05, 0.1) is 6.42 Å². The van der Waals surface area contributed by atoms with Crippen molar-refractivity contribution in [2.45, 2.75) is 12.8 Å². The number of ketones is 1. The molecule has 4 heteroatoms. The quantitative estimate of drug-likeness (QED) is 0.625. The number of benzene rings is 2. The second kappa shape index (κ2) is 7.05. The molecule has 0 aliphatic rings. The summed E-state index contributed by atoms with van der Waals surface area (Å²) in [5.41, 5.74) is 2.53. The molecular weight excluding hydrogens is 300 g/mol. The van der Waals surface area contributed by atoms with Crippen LogP contribution in [0.25, 0.3) is 11.1 Å². The Balaban J connectivity index is 2.33. The van der Waals surface area contributed by atoms with E-state index < -0.39 is 5.97 Å². The lowest BCUT2D eigenvalue weighted by Crippen LogP contribution is -2.05. The van der Waals surface area contributed by atoms with Crippen LogP contribution in [0.3, 0.4) is 0 Å². The standard InChI is InChI=1S/C18H15ClO3/c1-12(10-18(21)22)9-17(20)16-11-14(19)7-8-15(16)13-5-3-2-4-6-13/h2-8,11H,1,9-10H2,(H,21,22). The summed E-state index contributed by atoms with van der Waals surface area (Å²) in [4.78, 5) is 23.1. The van der Waals surface area contributed by atoms with Crippen molar-refractivity contribution in [2.75, 3.05) is 0 Å². The maximum atomic E-state index is 12.5. The lowest BCUT2D eigenvalue weighted by molar-refractivity contribution is -0.136. The van der Waals surface area contributed by atoms with E-state index in [1.165, 1.54) is 0 Å². The molecule has 22 heavy (non-hydrogen) atoms. The fraction of sp³-hybridized carbons (Fsp3) is 0.111. The SMILES string of the molecule is C=C(CC(=O)O)CC(=O)c1cc(Cl)ccc1-c1ccccc1. The molecule has 112 valence electrons. The minimum absolute atomic E-state index is 0.00746. The number of Topliss-reactive ketones (excluding diaryl/α,β-unsaturated/α-hetero) is 1. The van der Waals surface area contributed by atoms with E-state index in [-0.39, 0.29) is 18.6 Å². The van der Waals surface area contributed by atoms with Crippen molar-refractivity contribution >= 4 is 23.4 Å². The van der Waals surface area contributed by atoms with Crippen LogP contribution in [0.5, 0.6) is 0 Å². The fourth-order valence-electron chi connectivity index (χ4n) is 2.22. The molecular formula is C18H15ClO3. The molecule has 0 saturated heterocycles. The van der Waals surface area contributed by atoms with E-state index in [1.54, 1.807) is 18.2 Å². The van der Waals surface area contributed by atoms with Gasteiger partial charge in [-0.15, -0.1) is 0 Å². The third-order valence-corrected chi connectivity index (χ3v) is 3.41. The molecule has 3 nitrogen and oxygen atoms in total. The lowest BCUT2D eigenvalue weighted by Gasteiger charge is -2.10. The number of hydrogen-bond donors (Lipinski definition) is 1. The van der Waals surface area contributed by atoms with E-state index in [0.717, 1.165) is 11.1 Å². The van der Waals surface area contributed by atoms with E-state index in [1.807, 2.05) is 30.3 Å². The van der Waals surface area contributed by atoms with E-state index in [2.05, 4.69) is 6.58 Å². The van der Waals surface area contributed by atoms with Gasteiger partial charge >= 0.3 is 5.97 Å². The second-order valence-corrected chi connectivity index (χ2v) is 5.41. The summed E-state index contributed by atoms with van der Waals surface area (Å²) < 4.78 is 0. The third kappa shape index (κ3) is 4.06. The number of carboxylic acids is 1. The summed E-state index contributed by atoms with van der Waals surface area (Å²) in [5.74, 6) is -1.18. The van der Waals surface area contributed by atoms with Crippen LogP contribution in [0.1, 0.15) is 23.2 Å². The topological polar surface area (TPSA) is 54.4 Å². The molecule has 0 bridgehead atoms. The molecule has 2 rings (SSSR count). The Hall–Kier alpha value is -2.39. The van der Waals surface area contributed by atoms with Gasteiger partial charge in [0, 0.05) is 17.0 Å². The number of rotatable bonds is 6. The van der Waals surface area contributed by atoms with E-state index in [0.29, 0.717) is 16.2 Å². The number of carbonyl (C=O) groups excluding carboxylic acids is 1. The Morgan fingerprint density at radius 2 is 1.73 bits per heavy atom. The predicted molar refractivity (Wildman–Crippen MR) is 87.2 cm³/mol. The van der Waals surface area contributed by atoms with Crippen molar-refractivity contribution < 1.29 is 14.7 Å². The maximum absolute atomic E-state index is 12.5. The van der Waals surface area contributed by atoms with Gasteiger partial charge in [-0.05, 0) is 23.3 Å². The first-order chi connectivity index (χ1) is 10.5. The molecule has 0 aromatic heterocycles.